The van der Waals surface area contributed by atoms with Gasteiger partial charge in [0.25, 0.3) is 0 Å². The second-order valence-corrected chi connectivity index (χ2v) is 3.60. The zero-order chi connectivity index (χ0) is 8.85. The van der Waals surface area contributed by atoms with Crippen LogP contribution in [0.15, 0.2) is 4.99 Å². The minimum atomic E-state index is 0.373. The molecule has 0 heterocycles. The molecule has 0 aromatic rings. The summed E-state index contributed by atoms with van der Waals surface area (Å²) in [5.74, 6) is 1.47. The highest BCUT2D eigenvalue weighted by molar-refractivity contribution is 5.51. The van der Waals surface area contributed by atoms with Gasteiger partial charge in [-0.2, -0.15) is 0 Å². The van der Waals surface area contributed by atoms with E-state index in [4.69, 9.17) is 5.73 Å². The van der Waals surface area contributed by atoms with E-state index in [0.717, 1.165) is 18.3 Å². The van der Waals surface area contributed by atoms with Gasteiger partial charge in [0.2, 0.25) is 0 Å². The average Bonchev–Trinajstić information content (AvgIpc) is 1.87. The highest BCUT2D eigenvalue weighted by atomic mass is 14.8. The molecular formula is C9H20N2. The molecule has 0 fully saturated rings. The third kappa shape index (κ3) is 4.82. The summed E-state index contributed by atoms with van der Waals surface area (Å²) < 4.78 is 0. The van der Waals surface area contributed by atoms with Crippen LogP contribution in [0.25, 0.3) is 0 Å². The molecule has 0 saturated heterocycles. The number of aliphatic imine (C=N–C) groups is 1. The van der Waals surface area contributed by atoms with Gasteiger partial charge in [-0.05, 0) is 25.2 Å². The predicted molar refractivity (Wildman–Crippen MR) is 50.8 cm³/mol. The second-order valence-electron chi connectivity index (χ2n) is 3.60. The van der Waals surface area contributed by atoms with Gasteiger partial charge in [-0.25, -0.2) is 0 Å². The van der Waals surface area contributed by atoms with Crippen molar-refractivity contribution in [2.24, 2.45) is 22.6 Å². The lowest BCUT2D eigenvalue weighted by Gasteiger charge is -2.17. The molecule has 2 atom stereocenters. The summed E-state index contributed by atoms with van der Waals surface area (Å²) in [5, 5.41) is 0. The van der Waals surface area contributed by atoms with Gasteiger partial charge in [0.05, 0.1) is 6.34 Å². The van der Waals surface area contributed by atoms with Gasteiger partial charge < -0.3 is 5.73 Å². The Balaban J connectivity index is 3.65. The SMILES string of the molecule is CC(CC(C)C(C)C)N=CN. The lowest BCUT2D eigenvalue weighted by molar-refractivity contribution is 0.369. The molecule has 2 unspecified atom stereocenters. The van der Waals surface area contributed by atoms with Crippen molar-refractivity contribution in [1.82, 2.24) is 0 Å². The van der Waals surface area contributed by atoms with Gasteiger partial charge in [0.1, 0.15) is 0 Å². The van der Waals surface area contributed by atoms with Crippen LogP contribution in [-0.4, -0.2) is 12.4 Å². The summed E-state index contributed by atoms with van der Waals surface area (Å²) in [6.45, 7) is 8.84. The van der Waals surface area contributed by atoms with Gasteiger partial charge in [-0.15, -0.1) is 0 Å². The Kier molecular flexibility index (Phi) is 4.92. The van der Waals surface area contributed by atoms with Gasteiger partial charge in [0.15, 0.2) is 0 Å². The molecule has 0 bridgehead atoms. The van der Waals surface area contributed by atoms with Crippen molar-refractivity contribution < 1.29 is 0 Å². The number of hydrogen-bond acceptors (Lipinski definition) is 1. The Bertz CT molecular complexity index is 119. The number of nitrogens with two attached hydrogens (primary N) is 1. The summed E-state index contributed by atoms with van der Waals surface area (Å²) in [7, 11) is 0. The van der Waals surface area contributed by atoms with Crippen LogP contribution in [0.1, 0.15) is 34.1 Å². The van der Waals surface area contributed by atoms with Crippen molar-refractivity contribution in [3.05, 3.63) is 0 Å². The van der Waals surface area contributed by atoms with Gasteiger partial charge >= 0.3 is 0 Å². The number of nitrogens with zero attached hydrogens (tertiary/aromatic N) is 1. The maximum absolute atomic E-state index is 5.19. The standard InChI is InChI=1S/C9H20N2/c1-7(2)8(3)5-9(4)11-6-10/h6-9H,5H2,1-4H3,(H2,10,11). The third-order valence-corrected chi connectivity index (χ3v) is 2.19. The maximum Gasteiger partial charge on any atom is 0.0801 e. The fourth-order valence-electron chi connectivity index (χ4n) is 1.02. The minimum absolute atomic E-state index is 0.373. The molecule has 66 valence electrons. The Morgan fingerprint density at radius 1 is 1.27 bits per heavy atom. The zero-order valence-corrected chi connectivity index (χ0v) is 8.04. The topological polar surface area (TPSA) is 38.4 Å². The van der Waals surface area contributed by atoms with Crippen LogP contribution in [0.4, 0.5) is 0 Å². The first kappa shape index (κ1) is 10.5. The van der Waals surface area contributed by atoms with Gasteiger partial charge in [0, 0.05) is 6.04 Å². The van der Waals surface area contributed by atoms with Crippen LogP contribution < -0.4 is 5.73 Å². The third-order valence-electron chi connectivity index (χ3n) is 2.19. The molecule has 0 aliphatic carbocycles. The summed E-state index contributed by atoms with van der Waals surface area (Å²) in [5.41, 5.74) is 5.19. The molecule has 2 N–H and O–H groups in total. The monoisotopic (exact) mass is 156 g/mol. The van der Waals surface area contributed by atoms with Crippen LogP contribution in [-0.2, 0) is 0 Å². The molecule has 0 aromatic heterocycles. The Morgan fingerprint density at radius 2 is 1.82 bits per heavy atom. The first-order chi connectivity index (χ1) is 5.07. The second kappa shape index (κ2) is 5.16. The van der Waals surface area contributed by atoms with Crippen molar-refractivity contribution in [3.8, 4) is 0 Å². The van der Waals surface area contributed by atoms with Crippen LogP contribution >= 0.6 is 0 Å². The normalized spacial score (nSPS) is 17.5. The maximum atomic E-state index is 5.19. The fraction of sp³-hybridized carbons (Fsp3) is 0.889. The quantitative estimate of drug-likeness (QED) is 0.491. The Hall–Kier alpha value is -0.530. The van der Waals surface area contributed by atoms with E-state index >= 15 is 0 Å². The first-order valence-corrected chi connectivity index (χ1v) is 4.31. The van der Waals surface area contributed by atoms with Crippen LogP contribution in [0.5, 0.6) is 0 Å². The number of rotatable bonds is 4. The molecule has 0 aliphatic heterocycles. The minimum Gasteiger partial charge on any atom is -0.390 e. The van der Waals surface area contributed by atoms with Gasteiger partial charge in [-0.1, -0.05) is 20.8 Å². The van der Waals surface area contributed by atoms with E-state index in [1.807, 2.05) is 0 Å². The molecule has 0 radical (unpaired) electrons. The zero-order valence-electron chi connectivity index (χ0n) is 8.04. The largest absolute Gasteiger partial charge is 0.390 e. The summed E-state index contributed by atoms with van der Waals surface area (Å²) >= 11 is 0. The summed E-state index contributed by atoms with van der Waals surface area (Å²) in [4.78, 5) is 4.10. The molecule has 11 heavy (non-hydrogen) atoms. The van der Waals surface area contributed by atoms with Crippen LogP contribution in [0.3, 0.4) is 0 Å². The molecule has 2 nitrogen and oxygen atoms in total. The predicted octanol–water partition coefficient (Wildman–Crippen LogP) is 2.04. The molecule has 0 spiro atoms. The molecule has 0 saturated carbocycles. The van der Waals surface area contributed by atoms with E-state index < -0.39 is 0 Å². The van der Waals surface area contributed by atoms with Crippen LogP contribution in [0, 0.1) is 11.8 Å². The lowest BCUT2D eigenvalue weighted by atomic mass is 9.92. The van der Waals surface area contributed by atoms with Gasteiger partial charge in [-0.3, -0.25) is 4.99 Å². The van der Waals surface area contributed by atoms with E-state index in [9.17, 15) is 0 Å². The Morgan fingerprint density at radius 3 is 2.18 bits per heavy atom. The van der Waals surface area contributed by atoms with Crippen molar-refractivity contribution in [2.75, 3.05) is 0 Å². The van der Waals surface area contributed by atoms with E-state index in [1.54, 1.807) is 0 Å². The fourth-order valence-corrected chi connectivity index (χ4v) is 1.02. The molecule has 0 rings (SSSR count). The molecular weight excluding hydrogens is 136 g/mol. The van der Waals surface area contributed by atoms with Crippen molar-refractivity contribution in [1.29, 1.82) is 0 Å². The summed E-state index contributed by atoms with van der Waals surface area (Å²) in [6.07, 6.45) is 2.53. The smallest absolute Gasteiger partial charge is 0.0801 e. The van der Waals surface area contributed by atoms with E-state index in [1.165, 1.54) is 6.34 Å². The lowest BCUT2D eigenvalue weighted by Crippen LogP contribution is -2.12. The van der Waals surface area contributed by atoms with Crippen molar-refractivity contribution in [3.63, 3.8) is 0 Å². The van der Waals surface area contributed by atoms with E-state index in [2.05, 4.69) is 32.7 Å². The summed E-state index contributed by atoms with van der Waals surface area (Å²) in [6, 6.07) is 0.373. The first-order valence-electron chi connectivity index (χ1n) is 4.31. The molecule has 0 amide bonds. The van der Waals surface area contributed by atoms with E-state index in [-0.39, 0.29) is 0 Å². The average molecular weight is 156 g/mol. The molecule has 0 aromatic carbocycles. The molecule has 0 aliphatic rings. The van der Waals surface area contributed by atoms with Crippen LogP contribution in [0.2, 0.25) is 0 Å². The highest BCUT2D eigenvalue weighted by Crippen LogP contribution is 2.16. The van der Waals surface area contributed by atoms with E-state index in [0.29, 0.717) is 6.04 Å². The van der Waals surface area contributed by atoms with Crippen molar-refractivity contribution >= 4 is 6.34 Å². The Labute approximate surface area is 69.9 Å². The highest BCUT2D eigenvalue weighted by Gasteiger charge is 2.10. The number of hydrogen-bond donors (Lipinski definition) is 1. The van der Waals surface area contributed by atoms with Crippen molar-refractivity contribution in [2.45, 2.75) is 40.2 Å². The molecule has 2 heteroatoms.